The summed E-state index contributed by atoms with van der Waals surface area (Å²) in [7, 11) is 0. The molecule has 2 N–H and O–H groups in total. The van der Waals surface area contributed by atoms with Gasteiger partial charge in [-0.2, -0.15) is 0 Å². The molecule has 4 atom stereocenters. The zero-order valence-corrected chi connectivity index (χ0v) is 42.0. The number of ether oxygens (including phenoxy) is 2. The minimum atomic E-state index is -0.940. The largest absolute Gasteiger partial charge is 0.444 e. The molecule has 0 spiro atoms. The summed E-state index contributed by atoms with van der Waals surface area (Å²) >= 11 is 0. The Morgan fingerprint density at radius 2 is 1.00 bits per heavy atom. The van der Waals surface area contributed by atoms with Crippen molar-refractivity contribution in [3.05, 3.63) is 133 Å². The van der Waals surface area contributed by atoms with Crippen molar-refractivity contribution in [3.63, 3.8) is 0 Å². The average Bonchev–Trinajstić information content (AvgIpc) is 4.12. The number of hydrogen-bond donors (Lipinski definition) is 2. The Hall–Kier alpha value is -7.18. The van der Waals surface area contributed by atoms with Gasteiger partial charge in [-0.1, -0.05) is 42.5 Å². The standard InChI is InChI=1S/C54H63F2N7O10/c1-53(2,3)72-51(66)59-26-10-14-44(59)49(64)57-40-22-20-35(28-46(40)62(68)69)42-24-25-43(61(42)37-30-38(55)48(39(56)31-37)34-18-16-33(17-19-34)32-12-8-7-9-13-32)36-21-23-41(47(29-36)63(70)71)58-50(65)45-15-11-27-60(45)52(67)73-54(4,5)6/h7-9,12-13,20-23,28-31,33-34,42-45H,10-11,14-19,24-27H2,1-6H3,(H,57,64)(H,58,65)/t33?,34?,42-,43-,44+,45+/m1/s1. The van der Waals surface area contributed by atoms with Crippen LogP contribution in [0.4, 0.5) is 46.8 Å². The topological polar surface area (TPSA) is 207 Å². The molecule has 0 radical (unpaired) electrons. The zero-order chi connectivity index (χ0) is 52.5. The quantitative estimate of drug-likeness (QED) is 0.107. The third-order valence-electron chi connectivity index (χ3n) is 14.2. The highest BCUT2D eigenvalue weighted by Gasteiger charge is 2.42. The van der Waals surface area contributed by atoms with E-state index < -0.39 is 92.2 Å². The predicted molar refractivity (Wildman–Crippen MR) is 269 cm³/mol. The number of hydrogen-bond acceptors (Lipinski definition) is 11. The second kappa shape index (κ2) is 21.1. The minimum Gasteiger partial charge on any atom is -0.444 e. The van der Waals surface area contributed by atoms with Crippen molar-refractivity contribution >= 4 is 52.4 Å². The van der Waals surface area contributed by atoms with Crippen molar-refractivity contribution in [2.75, 3.05) is 28.6 Å². The highest BCUT2D eigenvalue weighted by atomic mass is 19.1. The Morgan fingerprint density at radius 1 is 0.575 bits per heavy atom. The average molecular weight is 1010 g/mol. The number of anilines is 3. The zero-order valence-electron chi connectivity index (χ0n) is 42.0. The van der Waals surface area contributed by atoms with Crippen molar-refractivity contribution in [1.82, 2.24) is 9.80 Å². The number of nitro benzene ring substituents is 2. The number of likely N-dealkylation sites (tertiary alicyclic amines) is 2. The van der Waals surface area contributed by atoms with Crippen molar-refractivity contribution in [3.8, 4) is 0 Å². The van der Waals surface area contributed by atoms with E-state index in [-0.39, 0.29) is 60.4 Å². The lowest BCUT2D eigenvalue weighted by molar-refractivity contribution is -0.384. The van der Waals surface area contributed by atoms with Crippen molar-refractivity contribution in [1.29, 1.82) is 0 Å². The Bertz CT molecular complexity index is 2620. The van der Waals surface area contributed by atoms with Crippen LogP contribution in [0.25, 0.3) is 0 Å². The molecular weight excluding hydrogens is 945 g/mol. The Morgan fingerprint density at radius 3 is 1.41 bits per heavy atom. The summed E-state index contributed by atoms with van der Waals surface area (Å²) in [6, 6.07) is 17.7. The first-order valence-electron chi connectivity index (χ1n) is 25.1. The molecule has 0 unspecified atom stereocenters. The molecular formula is C54H63F2N7O10. The van der Waals surface area contributed by atoms with Crippen molar-refractivity contribution in [2.24, 2.45) is 0 Å². The fourth-order valence-corrected chi connectivity index (χ4v) is 11.0. The summed E-state index contributed by atoms with van der Waals surface area (Å²) < 4.78 is 44.4. The first-order valence-corrected chi connectivity index (χ1v) is 25.1. The molecule has 3 saturated heterocycles. The molecule has 73 heavy (non-hydrogen) atoms. The minimum absolute atomic E-state index is 0.0194. The first-order chi connectivity index (χ1) is 34.6. The van der Waals surface area contributed by atoms with Crippen LogP contribution in [-0.4, -0.2) is 80.0 Å². The lowest BCUT2D eigenvalue weighted by atomic mass is 9.76. The van der Waals surface area contributed by atoms with Gasteiger partial charge in [0.05, 0.1) is 21.9 Å². The summed E-state index contributed by atoms with van der Waals surface area (Å²) in [5.41, 5.74) is -0.784. The van der Waals surface area contributed by atoms with E-state index in [9.17, 15) is 39.4 Å². The van der Waals surface area contributed by atoms with Crippen LogP contribution in [0.15, 0.2) is 78.9 Å². The smallest absolute Gasteiger partial charge is 0.410 e. The molecule has 4 aliphatic rings. The van der Waals surface area contributed by atoms with E-state index in [1.54, 1.807) is 58.6 Å². The number of nitrogens with one attached hydrogen (secondary N) is 2. The van der Waals surface area contributed by atoms with Gasteiger partial charge in [-0.3, -0.25) is 39.6 Å². The molecule has 1 aliphatic carbocycles. The van der Waals surface area contributed by atoms with Crippen LogP contribution < -0.4 is 15.5 Å². The molecule has 8 rings (SSSR count). The number of nitrogens with zero attached hydrogens (tertiary/aromatic N) is 5. The van der Waals surface area contributed by atoms with Gasteiger partial charge >= 0.3 is 12.2 Å². The molecule has 1 saturated carbocycles. The fourth-order valence-electron chi connectivity index (χ4n) is 11.0. The van der Waals surface area contributed by atoms with Gasteiger partial charge in [-0.05, 0) is 159 Å². The SMILES string of the molecule is CC(C)(C)OC(=O)N1CCC[C@H]1C(=O)Nc1ccc([C@H]2CC[C@H](c3ccc(NC(=O)[C@@H]4CCCN4C(=O)OC(C)(C)C)c([N+](=O)[O-])c3)N2c2cc(F)c(C3CCC(c4ccccc4)CC3)c(F)c2)cc1[N+](=O)[O-]. The highest BCUT2D eigenvalue weighted by Crippen LogP contribution is 2.50. The summed E-state index contributed by atoms with van der Waals surface area (Å²) in [5.74, 6) is -2.88. The summed E-state index contributed by atoms with van der Waals surface area (Å²) in [6.45, 7) is 10.8. The van der Waals surface area contributed by atoms with Gasteiger partial charge in [0.15, 0.2) is 0 Å². The van der Waals surface area contributed by atoms with E-state index in [4.69, 9.17) is 9.47 Å². The molecule has 17 nitrogen and oxygen atoms in total. The van der Waals surface area contributed by atoms with Crippen LogP contribution in [0, 0.1) is 31.9 Å². The maximum absolute atomic E-state index is 16.7. The summed E-state index contributed by atoms with van der Waals surface area (Å²) in [5, 5.41) is 30.8. The highest BCUT2D eigenvalue weighted by molar-refractivity contribution is 5.99. The second-order valence-corrected chi connectivity index (χ2v) is 21.5. The van der Waals surface area contributed by atoms with Crippen LogP contribution in [0.5, 0.6) is 0 Å². The number of amides is 4. The number of carbonyl (C=O) groups excluding carboxylic acids is 4. The van der Waals surface area contributed by atoms with Crippen LogP contribution in [0.3, 0.4) is 0 Å². The Balaban J connectivity index is 1.11. The van der Waals surface area contributed by atoms with E-state index in [0.717, 1.165) is 12.8 Å². The van der Waals surface area contributed by atoms with Gasteiger partial charge in [0.25, 0.3) is 11.4 Å². The molecule has 0 bridgehead atoms. The molecule has 0 aromatic heterocycles. The van der Waals surface area contributed by atoms with Crippen molar-refractivity contribution in [2.45, 2.75) is 153 Å². The molecule has 3 heterocycles. The van der Waals surface area contributed by atoms with Crippen LogP contribution in [0.1, 0.15) is 152 Å². The molecule has 19 heteroatoms. The van der Waals surface area contributed by atoms with Gasteiger partial charge in [-0.25, -0.2) is 18.4 Å². The molecule has 4 aromatic carbocycles. The lowest BCUT2D eigenvalue weighted by Gasteiger charge is -2.34. The number of nitro groups is 2. The number of benzene rings is 4. The Kier molecular flexibility index (Phi) is 15.1. The predicted octanol–water partition coefficient (Wildman–Crippen LogP) is 12.0. The van der Waals surface area contributed by atoms with Crippen molar-refractivity contribution < 1.29 is 47.3 Å². The van der Waals surface area contributed by atoms with Gasteiger partial charge in [0, 0.05) is 36.5 Å². The van der Waals surface area contributed by atoms with E-state index in [0.29, 0.717) is 49.7 Å². The van der Waals surface area contributed by atoms with Gasteiger partial charge < -0.3 is 25.0 Å². The molecule has 4 aromatic rings. The molecule has 388 valence electrons. The molecule has 3 aliphatic heterocycles. The fraction of sp³-hybridized carbons (Fsp3) is 0.481. The molecule has 4 amide bonds. The normalized spacial score (nSPS) is 22.2. The van der Waals surface area contributed by atoms with E-state index >= 15 is 8.78 Å². The van der Waals surface area contributed by atoms with Crippen LogP contribution >= 0.6 is 0 Å². The number of carbonyl (C=O) groups is 4. The Labute approximate surface area is 422 Å². The first kappa shape index (κ1) is 52.2. The third-order valence-corrected chi connectivity index (χ3v) is 14.2. The van der Waals surface area contributed by atoms with Gasteiger partial charge in [0.1, 0.15) is 46.3 Å². The number of rotatable bonds is 11. The van der Waals surface area contributed by atoms with Gasteiger partial charge in [0.2, 0.25) is 11.8 Å². The monoisotopic (exact) mass is 1010 g/mol. The van der Waals surface area contributed by atoms with Gasteiger partial charge in [-0.15, -0.1) is 0 Å². The van der Waals surface area contributed by atoms with Crippen LogP contribution in [0.2, 0.25) is 0 Å². The summed E-state index contributed by atoms with van der Waals surface area (Å²) in [4.78, 5) is 82.0. The second-order valence-electron chi connectivity index (χ2n) is 21.5. The molecule has 4 fully saturated rings. The lowest BCUT2D eigenvalue weighted by Crippen LogP contribution is -2.45. The third kappa shape index (κ3) is 11.7. The van der Waals surface area contributed by atoms with E-state index in [1.165, 1.54) is 51.8 Å². The maximum atomic E-state index is 16.7. The summed E-state index contributed by atoms with van der Waals surface area (Å²) in [6.07, 6.45) is 3.51. The van der Waals surface area contributed by atoms with E-state index in [2.05, 4.69) is 22.8 Å². The number of halogens is 2. The van der Waals surface area contributed by atoms with E-state index in [1.807, 2.05) is 18.2 Å². The van der Waals surface area contributed by atoms with Crippen LogP contribution in [-0.2, 0) is 19.1 Å². The maximum Gasteiger partial charge on any atom is 0.410 e.